The second-order valence-electron chi connectivity index (χ2n) is 4.04. The molecule has 0 bridgehead atoms. The van der Waals surface area contributed by atoms with E-state index in [4.69, 9.17) is 5.26 Å². The minimum Gasteiger partial charge on any atom is -0.228 e. The summed E-state index contributed by atoms with van der Waals surface area (Å²) in [5, 5.41) is 8.31. The monoisotopic (exact) mass is 215 g/mol. The van der Waals surface area contributed by atoms with Crippen LogP contribution in [0.3, 0.4) is 0 Å². The van der Waals surface area contributed by atoms with Crippen LogP contribution in [0.25, 0.3) is 0 Å². The lowest BCUT2D eigenvalue weighted by Gasteiger charge is -2.20. The van der Waals surface area contributed by atoms with Crippen LogP contribution >= 0.6 is 0 Å². The molecule has 0 radical (unpaired) electrons. The van der Waals surface area contributed by atoms with E-state index in [-0.39, 0.29) is 11.5 Å². The third kappa shape index (κ3) is 4.10. The SMILES string of the molecule is N#CCS(=O)(=O)CCC1CCCCC1. The van der Waals surface area contributed by atoms with Crippen molar-refractivity contribution in [3.05, 3.63) is 0 Å². The van der Waals surface area contributed by atoms with Gasteiger partial charge in [0.15, 0.2) is 9.84 Å². The highest BCUT2D eigenvalue weighted by Crippen LogP contribution is 2.26. The van der Waals surface area contributed by atoms with Crippen LogP contribution in [-0.2, 0) is 9.84 Å². The van der Waals surface area contributed by atoms with E-state index in [1.807, 2.05) is 0 Å². The number of rotatable bonds is 4. The Balaban J connectivity index is 2.29. The molecule has 1 saturated carbocycles. The number of sulfone groups is 1. The average Bonchev–Trinajstić information content (AvgIpc) is 2.17. The Morgan fingerprint density at radius 2 is 1.86 bits per heavy atom. The highest BCUT2D eigenvalue weighted by molar-refractivity contribution is 7.91. The summed E-state index contributed by atoms with van der Waals surface area (Å²) in [6.45, 7) is 0. The predicted octanol–water partition coefficient (Wildman–Crippen LogP) is 1.90. The van der Waals surface area contributed by atoms with Crippen molar-refractivity contribution in [2.75, 3.05) is 11.5 Å². The van der Waals surface area contributed by atoms with Gasteiger partial charge in [-0.05, 0) is 12.3 Å². The van der Waals surface area contributed by atoms with Gasteiger partial charge in [-0.15, -0.1) is 0 Å². The quantitative estimate of drug-likeness (QED) is 0.719. The number of hydrogen-bond acceptors (Lipinski definition) is 3. The largest absolute Gasteiger partial charge is 0.228 e. The van der Waals surface area contributed by atoms with E-state index >= 15 is 0 Å². The van der Waals surface area contributed by atoms with Crippen LogP contribution in [0.1, 0.15) is 38.5 Å². The molecule has 1 aliphatic rings. The van der Waals surface area contributed by atoms with Gasteiger partial charge < -0.3 is 0 Å². The fourth-order valence-electron chi connectivity index (χ4n) is 1.99. The van der Waals surface area contributed by atoms with Gasteiger partial charge in [-0.25, -0.2) is 8.42 Å². The van der Waals surface area contributed by atoms with Gasteiger partial charge in [-0.2, -0.15) is 5.26 Å². The van der Waals surface area contributed by atoms with Gasteiger partial charge in [0.1, 0.15) is 5.75 Å². The number of nitrogens with zero attached hydrogens (tertiary/aromatic N) is 1. The van der Waals surface area contributed by atoms with Gasteiger partial charge >= 0.3 is 0 Å². The summed E-state index contributed by atoms with van der Waals surface area (Å²) in [5.41, 5.74) is 0. The summed E-state index contributed by atoms with van der Waals surface area (Å²) in [5.74, 6) is 0.461. The molecule has 0 aliphatic heterocycles. The number of hydrogen-bond donors (Lipinski definition) is 0. The molecule has 0 unspecified atom stereocenters. The van der Waals surface area contributed by atoms with Crippen LogP contribution in [0.2, 0.25) is 0 Å². The smallest absolute Gasteiger partial charge is 0.163 e. The maximum absolute atomic E-state index is 11.3. The molecule has 0 saturated heterocycles. The summed E-state index contributed by atoms with van der Waals surface area (Å²) >= 11 is 0. The lowest BCUT2D eigenvalue weighted by atomic mass is 9.88. The Kier molecular flexibility index (Phi) is 4.40. The molecule has 1 aliphatic carbocycles. The van der Waals surface area contributed by atoms with E-state index in [0.29, 0.717) is 5.92 Å². The Bertz CT molecular complexity index is 297. The van der Waals surface area contributed by atoms with E-state index in [1.165, 1.54) is 32.1 Å². The summed E-state index contributed by atoms with van der Waals surface area (Å²) in [6.07, 6.45) is 6.86. The Hall–Kier alpha value is -0.560. The predicted molar refractivity (Wildman–Crippen MR) is 55.5 cm³/mol. The molecular formula is C10H17NO2S. The molecule has 0 N–H and O–H groups in total. The van der Waals surface area contributed by atoms with E-state index in [9.17, 15) is 8.42 Å². The van der Waals surface area contributed by atoms with Crippen LogP contribution < -0.4 is 0 Å². The van der Waals surface area contributed by atoms with Crippen molar-refractivity contribution in [3.8, 4) is 6.07 Å². The summed E-state index contributed by atoms with van der Waals surface area (Å²) < 4.78 is 22.5. The minimum atomic E-state index is -3.09. The molecule has 1 rings (SSSR count). The van der Waals surface area contributed by atoms with Gasteiger partial charge in [0.05, 0.1) is 11.8 Å². The van der Waals surface area contributed by atoms with Crippen LogP contribution in [0.5, 0.6) is 0 Å². The standard InChI is InChI=1S/C10H17NO2S/c11-7-9-14(12,13)8-6-10-4-2-1-3-5-10/h10H,1-6,8-9H2. The molecule has 0 aromatic carbocycles. The Morgan fingerprint density at radius 1 is 1.21 bits per heavy atom. The fraction of sp³-hybridized carbons (Fsp3) is 0.900. The second kappa shape index (κ2) is 5.35. The van der Waals surface area contributed by atoms with E-state index in [1.54, 1.807) is 6.07 Å². The van der Waals surface area contributed by atoms with Gasteiger partial charge in [-0.3, -0.25) is 0 Å². The van der Waals surface area contributed by atoms with Crippen molar-refractivity contribution in [1.82, 2.24) is 0 Å². The Morgan fingerprint density at radius 3 is 2.43 bits per heavy atom. The van der Waals surface area contributed by atoms with Crippen LogP contribution in [0.15, 0.2) is 0 Å². The third-order valence-corrected chi connectivity index (χ3v) is 4.27. The molecule has 0 amide bonds. The average molecular weight is 215 g/mol. The minimum absolute atomic E-state index is 0.200. The fourth-order valence-corrected chi connectivity index (χ4v) is 3.03. The van der Waals surface area contributed by atoms with Crippen LogP contribution in [-0.4, -0.2) is 19.9 Å². The molecule has 3 nitrogen and oxygen atoms in total. The van der Waals surface area contributed by atoms with Gasteiger partial charge in [0.25, 0.3) is 0 Å². The topological polar surface area (TPSA) is 57.9 Å². The Labute approximate surface area is 86.0 Å². The number of nitriles is 1. The summed E-state index contributed by atoms with van der Waals surface area (Å²) in [6, 6.07) is 1.71. The van der Waals surface area contributed by atoms with Crippen molar-refractivity contribution >= 4 is 9.84 Å². The molecule has 4 heteroatoms. The highest BCUT2D eigenvalue weighted by Gasteiger charge is 2.17. The van der Waals surface area contributed by atoms with E-state index < -0.39 is 9.84 Å². The molecule has 1 fully saturated rings. The highest BCUT2D eigenvalue weighted by atomic mass is 32.2. The van der Waals surface area contributed by atoms with Gasteiger partial charge in [0, 0.05) is 0 Å². The lowest BCUT2D eigenvalue weighted by Crippen LogP contribution is -2.15. The first-order valence-electron chi connectivity index (χ1n) is 5.21. The van der Waals surface area contributed by atoms with Crippen molar-refractivity contribution in [2.45, 2.75) is 38.5 Å². The van der Waals surface area contributed by atoms with Crippen molar-refractivity contribution in [2.24, 2.45) is 5.92 Å². The molecule has 0 spiro atoms. The summed E-state index contributed by atoms with van der Waals surface area (Å²) in [4.78, 5) is 0. The van der Waals surface area contributed by atoms with Gasteiger partial charge in [-0.1, -0.05) is 32.1 Å². The normalized spacial score (nSPS) is 19.1. The van der Waals surface area contributed by atoms with Gasteiger partial charge in [0.2, 0.25) is 0 Å². The zero-order valence-electron chi connectivity index (χ0n) is 8.41. The van der Waals surface area contributed by atoms with Crippen LogP contribution in [0.4, 0.5) is 0 Å². The molecule has 0 atom stereocenters. The molecule has 0 aromatic rings. The van der Waals surface area contributed by atoms with Crippen molar-refractivity contribution in [3.63, 3.8) is 0 Å². The zero-order valence-corrected chi connectivity index (χ0v) is 9.22. The lowest BCUT2D eigenvalue weighted by molar-refractivity contribution is 0.350. The zero-order chi connectivity index (χ0) is 10.4. The first-order chi connectivity index (χ1) is 6.64. The third-order valence-electron chi connectivity index (χ3n) is 2.85. The van der Waals surface area contributed by atoms with Crippen LogP contribution in [0, 0.1) is 17.2 Å². The molecule has 80 valence electrons. The van der Waals surface area contributed by atoms with E-state index in [0.717, 1.165) is 6.42 Å². The summed E-state index contributed by atoms with van der Waals surface area (Å²) in [7, 11) is -3.09. The molecule has 0 heterocycles. The maximum Gasteiger partial charge on any atom is 0.163 e. The first kappa shape index (κ1) is 11.5. The first-order valence-corrected chi connectivity index (χ1v) is 7.03. The van der Waals surface area contributed by atoms with E-state index in [2.05, 4.69) is 0 Å². The molecular weight excluding hydrogens is 198 g/mol. The maximum atomic E-state index is 11.3. The van der Waals surface area contributed by atoms with Crippen molar-refractivity contribution in [1.29, 1.82) is 5.26 Å². The molecule has 0 aromatic heterocycles. The molecule has 14 heavy (non-hydrogen) atoms. The van der Waals surface area contributed by atoms with Crippen molar-refractivity contribution < 1.29 is 8.42 Å². The second-order valence-corrected chi connectivity index (χ2v) is 6.23.